The van der Waals surface area contributed by atoms with Crippen molar-refractivity contribution >= 4 is 10.0 Å². The number of sulfonamides is 1. The summed E-state index contributed by atoms with van der Waals surface area (Å²) in [6.07, 6.45) is 2.79. The molecule has 1 fully saturated rings. The fraction of sp³-hybridized carbons (Fsp3) is 1.00. The summed E-state index contributed by atoms with van der Waals surface area (Å²) in [7, 11) is -1.53. The van der Waals surface area contributed by atoms with Gasteiger partial charge in [-0.1, -0.05) is 0 Å². The fourth-order valence-electron chi connectivity index (χ4n) is 1.81. The first kappa shape index (κ1) is 13.9. The lowest BCUT2D eigenvalue weighted by atomic mass is 10.0. The van der Waals surface area contributed by atoms with Crippen LogP contribution in [0.15, 0.2) is 0 Å². The van der Waals surface area contributed by atoms with Crippen molar-refractivity contribution in [2.75, 3.05) is 39.1 Å². The maximum Gasteiger partial charge on any atom is 0.211 e. The Bertz CT molecular complexity index is 274. The molecule has 96 valence electrons. The summed E-state index contributed by atoms with van der Waals surface area (Å²) in [6, 6.07) is 0. The monoisotopic (exact) mass is 250 g/mol. The molecule has 0 aromatic heterocycles. The molecule has 0 aliphatic carbocycles. The van der Waals surface area contributed by atoms with Gasteiger partial charge in [-0.05, 0) is 38.3 Å². The van der Waals surface area contributed by atoms with Gasteiger partial charge in [-0.25, -0.2) is 13.1 Å². The molecular formula is C10H22N2O3S. The Balaban J connectivity index is 2.18. The van der Waals surface area contributed by atoms with Gasteiger partial charge < -0.3 is 10.1 Å². The third kappa shape index (κ3) is 5.79. The van der Waals surface area contributed by atoms with E-state index in [0.29, 0.717) is 25.5 Å². The molecule has 1 unspecified atom stereocenters. The van der Waals surface area contributed by atoms with Gasteiger partial charge in [0.2, 0.25) is 10.0 Å². The normalized spacial score (nSPS) is 22.2. The highest BCUT2D eigenvalue weighted by atomic mass is 32.2. The van der Waals surface area contributed by atoms with Crippen molar-refractivity contribution in [2.45, 2.75) is 19.3 Å². The Hall–Kier alpha value is -0.170. The predicted octanol–water partition coefficient (Wildman–Crippen LogP) is -0.0581. The second-order valence-electron chi connectivity index (χ2n) is 4.23. The van der Waals surface area contributed by atoms with Crippen LogP contribution in [0.3, 0.4) is 0 Å². The Morgan fingerprint density at radius 1 is 1.50 bits per heavy atom. The Labute approximate surface area is 98.0 Å². The molecule has 0 aromatic carbocycles. The molecule has 2 N–H and O–H groups in total. The van der Waals surface area contributed by atoms with Crippen molar-refractivity contribution < 1.29 is 13.2 Å². The van der Waals surface area contributed by atoms with Crippen LogP contribution in [0.4, 0.5) is 0 Å². The molecular weight excluding hydrogens is 228 g/mol. The van der Waals surface area contributed by atoms with Gasteiger partial charge in [0, 0.05) is 20.3 Å². The Kier molecular flexibility index (Phi) is 6.26. The van der Waals surface area contributed by atoms with Crippen molar-refractivity contribution in [3.05, 3.63) is 0 Å². The van der Waals surface area contributed by atoms with Crippen molar-refractivity contribution in [3.8, 4) is 0 Å². The molecule has 0 radical (unpaired) electrons. The molecule has 1 heterocycles. The van der Waals surface area contributed by atoms with Crippen LogP contribution >= 0.6 is 0 Å². The SMILES string of the molecule is COCCCS(=O)(=O)NCC1CCCNC1. The first-order chi connectivity index (χ1) is 7.64. The number of hydrogen-bond donors (Lipinski definition) is 2. The highest BCUT2D eigenvalue weighted by molar-refractivity contribution is 7.89. The molecule has 1 atom stereocenters. The van der Waals surface area contributed by atoms with E-state index in [0.717, 1.165) is 25.9 Å². The molecule has 0 spiro atoms. The van der Waals surface area contributed by atoms with Crippen LogP contribution in [0.5, 0.6) is 0 Å². The van der Waals surface area contributed by atoms with Gasteiger partial charge in [0.25, 0.3) is 0 Å². The third-order valence-corrected chi connectivity index (χ3v) is 4.19. The van der Waals surface area contributed by atoms with E-state index >= 15 is 0 Å². The Morgan fingerprint density at radius 2 is 2.31 bits per heavy atom. The average molecular weight is 250 g/mol. The molecule has 1 aliphatic rings. The first-order valence-corrected chi connectivity index (χ1v) is 7.46. The second-order valence-corrected chi connectivity index (χ2v) is 6.15. The van der Waals surface area contributed by atoms with Gasteiger partial charge in [-0.2, -0.15) is 0 Å². The summed E-state index contributed by atoms with van der Waals surface area (Å²) in [4.78, 5) is 0. The van der Waals surface area contributed by atoms with E-state index in [1.807, 2.05) is 0 Å². The molecule has 5 nitrogen and oxygen atoms in total. The lowest BCUT2D eigenvalue weighted by Crippen LogP contribution is -2.38. The zero-order chi connectivity index (χ0) is 11.9. The Morgan fingerprint density at radius 3 is 2.94 bits per heavy atom. The number of hydrogen-bond acceptors (Lipinski definition) is 4. The number of methoxy groups -OCH3 is 1. The summed E-state index contributed by atoms with van der Waals surface area (Å²) in [5.41, 5.74) is 0. The van der Waals surface area contributed by atoms with E-state index in [1.165, 1.54) is 0 Å². The number of piperidine rings is 1. The predicted molar refractivity (Wildman–Crippen MR) is 63.9 cm³/mol. The van der Waals surface area contributed by atoms with Gasteiger partial charge in [-0.3, -0.25) is 0 Å². The van der Waals surface area contributed by atoms with E-state index in [4.69, 9.17) is 4.74 Å². The molecule has 0 saturated carbocycles. The minimum atomic E-state index is -3.11. The van der Waals surface area contributed by atoms with Crippen LogP contribution in [0.2, 0.25) is 0 Å². The summed E-state index contributed by atoms with van der Waals surface area (Å²) < 4.78 is 30.6. The van der Waals surface area contributed by atoms with E-state index in [2.05, 4.69) is 10.0 Å². The number of ether oxygens (including phenoxy) is 1. The number of rotatable bonds is 7. The van der Waals surface area contributed by atoms with E-state index in [1.54, 1.807) is 7.11 Å². The van der Waals surface area contributed by atoms with Gasteiger partial charge in [0.15, 0.2) is 0 Å². The van der Waals surface area contributed by atoms with Crippen molar-refractivity contribution in [1.29, 1.82) is 0 Å². The molecule has 1 rings (SSSR count). The van der Waals surface area contributed by atoms with Crippen LogP contribution in [0.25, 0.3) is 0 Å². The largest absolute Gasteiger partial charge is 0.385 e. The minimum Gasteiger partial charge on any atom is -0.385 e. The smallest absolute Gasteiger partial charge is 0.211 e. The quantitative estimate of drug-likeness (QED) is 0.621. The van der Waals surface area contributed by atoms with Gasteiger partial charge >= 0.3 is 0 Å². The third-order valence-electron chi connectivity index (χ3n) is 2.75. The molecule has 0 bridgehead atoms. The maximum atomic E-state index is 11.6. The van der Waals surface area contributed by atoms with Crippen molar-refractivity contribution in [1.82, 2.24) is 10.0 Å². The van der Waals surface area contributed by atoms with Gasteiger partial charge in [-0.15, -0.1) is 0 Å². The maximum absolute atomic E-state index is 11.6. The summed E-state index contributed by atoms with van der Waals surface area (Å²) in [5, 5.41) is 3.27. The first-order valence-electron chi connectivity index (χ1n) is 5.81. The molecule has 1 aliphatic heterocycles. The zero-order valence-electron chi connectivity index (χ0n) is 9.87. The highest BCUT2D eigenvalue weighted by Crippen LogP contribution is 2.08. The minimum absolute atomic E-state index is 0.154. The van der Waals surface area contributed by atoms with Gasteiger partial charge in [0.05, 0.1) is 5.75 Å². The van der Waals surface area contributed by atoms with Crippen molar-refractivity contribution in [2.24, 2.45) is 5.92 Å². The van der Waals surface area contributed by atoms with Crippen LogP contribution in [-0.4, -0.2) is 47.5 Å². The highest BCUT2D eigenvalue weighted by Gasteiger charge is 2.16. The molecule has 0 amide bonds. The standard InChI is InChI=1S/C10H22N2O3S/c1-15-6-3-7-16(13,14)12-9-10-4-2-5-11-8-10/h10-12H,2-9H2,1H3. The lowest BCUT2D eigenvalue weighted by molar-refractivity contribution is 0.199. The van der Waals surface area contributed by atoms with Crippen LogP contribution in [0.1, 0.15) is 19.3 Å². The van der Waals surface area contributed by atoms with E-state index < -0.39 is 10.0 Å². The second kappa shape index (κ2) is 7.21. The average Bonchev–Trinajstić information content (AvgIpc) is 2.28. The summed E-state index contributed by atoms with van der Waals surface area (Å²) >= 11 is 0. The summed E-state index contributed by atoms with van der Waals surface area (Å²) in [6.45, 7) is 3.02. The van der Waals surface area contributed by atoms with Gasteiger partial charge in [0.1, 0.15) is 0 Å². The van der Waals surface area contributed by atoms with E-state index in [9.17, 15) is 8.42 Å². The molecule has 0 aromatic rings. The van der Waals surface area contributed by atoms with Crippen molar-refractivity contribution in [3.63, 3.8) is 0 Å². The zero-order valence-corrected chi connectivity index (χ0v) is 10.7. The molecule has 1 saturated heterocycles. The molecule has 6 heteroatoms. The summed E-state index contributed by atoms with van der Waals surface area (Å²) in [5.74, 6) is 0.590. The van der Waals surface area contributed by atoms with E-state index in [-0.39, 0.29) is 5.75 Å². The number of nitrogens with one attached hydrogen (secondary N) is 2. The molecule has 16 heavy (non-hydrogen) atoms. The van der Waals surface area contributed by atoms with Crippen LogP contribution < -0.4 is 10.0 Å². The van der Waals surface area contributed by atoms with Crippen LogP contribution in [0, 0.1) is 5.92 Å². The van der Waals surface area contributed by atoms with Crippen LogP contribution in [-0.2, 0) is 14.8 Å². The lowest BCUT2D eigenvalue weighted by Gasteiger charge is -2.22. The fourth-order valence-corrected chi connectivity index (χ4v) is 2.94. The topological polar surface area (TPSA) is 67.4 Å².